The van der Waals surface area contributed by atoms with Gasteiger partial charge in [0.25, 0.3) is 14.9 Å². The lowest BCUT2D eigenvalue weighted by Crippen LogP contribution is -2.32. The van der Waals surface area contributed by atoms with Crippen molar-refractivity contribution in [2.75, 3.05) is 23.0 Å². The number of benzene rings is 2. The Labute approximate surface area is 168 Å². The van der Waals surface area contributed by atoms with E-state index in [4.69, 9.17) is 11.6 Å². The maximum Gasteiger partial charge on any atom is 0.318 e. The van der Waals surface area contributed by atoms with E-state index in [1.165, 1.54) is 43.5 Å². The van der Waals surface area contributed by atoms with Gasteiger partial charge in [-0.15, -0.1) is 11.6 Å². The molecule has 0 unspecified atom stereocenters. The Morgan fingerprint density at radius 1 is 1.14 bits per heavy atom. The molecule has 0 bridgehead atoms. The lowest BCUT2D eigenvalue weighted by molar-refractivity contribution is -0.736. The Morgan fingerprint density at radius 2 is 1.75 bits per heavy atom. The van der Waals surface area contributed by atoms with E-state index in [1.54, 1.807) is 26.0 Å². The third kappa shape index (κ3) is 5.20. The Morgan fingerprint density at radius 3 is 2.32 bits per heavy atom. The number of halogens is 1. The molecule has 2 N–H and O–H groups in total. The normalized spacial score (nSPS) is 11.6. The van der Waals surface area contributed by atoms with Crippen molar-refractivity contribution in [3.8, 4) is 0 Å². The van der Waals surface area contributed by atoms with Crippen LogP contribution >= 0.6 is 11.6 Å². The summed E-state index contributed by atoms with van der Waals surface area (Å²) in [5, 5.41) is 2.73. The predicted molar refractivity (Wildman–Crippen MR) is 107 cm³/mol. The average Bonchev–Trinajstić information content (AvgIpc) is 2.68. The van der Waals surface area contributed by atoms with Gasteiger partial charge >= 0.3 is 5.69 Å². The predicted octanol–water partition coefficient (Wildman–Crippen LogP) is 3.66. The lowest BCUT2D eigenvalue weighted by atomic mass is 9.95. The highest BCUT2D eigenvalue weighted by molar-refractivity contribution is 7.92. The first-order valence-electron chi connectivity index (χ1n) is 8.21. The van der Waals surface area contributed by atoms with Gasteiger partial charge in [-0.2, -0.15) is 0 Å². The molecule has 0 atom stereocenters. The highest BCUT2D eigenvalue weighted by atomic mass is 35.5. The summed E-state index contributed by atoms with van der Waals surface area (Å²) in [7, 11) is -2.74. The Bertz CT molecular complexity index is 975. The number of alkyl halides is 1. The largest absolute Gasteiger partial charge is 0.326 e. The van der Waals surface area contributed by atoms with Gasteiger partial charge in [-0.3, -0.25) is 9.52 Å². The molecule has 0 saturated carbocycles. The second kappa shape index (κ2) is 8.57. The molecule has 2 aromatic rings. The monoisotopic (exact) mass is 426 g/mol. The van der Waals surface area contributed by atoms with Crippen LogP contribution in [0.4, 0.5) is 17.1 Å². The maximum atomic E-state index is 12.5. The van der Waals surface area contributed by atoms with Gasteiger partial charge in [0.1, 0.15) is 0 Å². The standard InChI is InChI=1S/C18H20ClN3O5S/c1-18(2,12-19)17(23)20-13-7-9-14(10-8-13)21-28(25,26)16-6-4-5-15(11-16)22(24)27-3/h4-11,21H,12H2,1-3H3/p+1. The topological polar surface area (TPSA) is 105 Å². The van der Waals surface area contributed by atoms with Crippen LogP contribution in [0.25, 0.3) is 0 Å². The summed E-state index contributed by atoms with van der Waals surface area (Å²) in [6, 6.07) is 11.6. The number of hydrogen-bond acceptors (Lipinski definition) is 5. The minimum absolute atomic E-state index is 0.0466. The molecular formula is C18H21ClN3O5S+. The van der Waals surface area contributed by atoms with E-state index in [0.29, 0.717) is 11.4 Å². The summed E-state index contributed by atoms with van der Waals surface area (Å²) >= 11 is 5.78. The first-order chi connectivity index (χ1) is 13.1. The second-order valence-corrected chi connectivity index (χ2v) is 8.54. The van der Waals surface area contributed by atoms with Crippen molar-refractivity contribution in [1.29, 1.82) is 0 Å². The molecule has 0 aliphatic heterocycles. The lowest BCUT2D eigenvalue weighted by Gasteiger charge is -2.20. The molecule has 2 aromatic carbocycles. The van der Waals surface area contributed by atoms with Gasteiger partial charge in [-0.25, -0.2) is 13.3 Å². The van der Waals surface area contributed by atoms with Gasteiger partial charge in [0.2, 0.25) is 5.91 Å². The molecule has 0 aliphatic carbocycles. The van der Waals surface area contributed by atoms with E-state index >= 15 is 0 Å². The van der Waals surface area contributed by atoms with E-state index in [-0.39, 0.29) is 27.3 Å². The van der Waals surface area contributed by atoms with Crippen LogP contribution in [0.2, 0.25) is 0 Å². The second-order valence-electron chi connectivity index (χ2n) is 6.59. The quantitative estimate of drug-likeness (QED) is 0.495. The summed E-state index contributed by atoms with van der Waals surface area (Å²) in [5.41, 5.74) is 0.121. The zero-order valence-electron chi connectivity index (χ0n) is 15.6. The smallest absolute Gasteiger partial charge is 0.318 e. The number of hydrogen-bond donors (Lipinski definition) is 2. The maximum absolute atomic E-state index is 12.5. The molecule has 0 saturated heterocycles. The van der Waals surface area contributed by atoms with Gasteiger partial charge in [0.15, 0.2) is 7.11 Å². The van der Waals surface area contributed by atoms with Crippen LogP contribution in [0.1, 0.15) is 13.8 Å². The third-order valence-electron chi connectivity index (χ3n) is 3.85. The molecule has 0 spiro atoms. The Hall–Kier alpha value is -2.65. The van der Waals surface area contributed by atoms with E-state index in [1.807, 2.05) is 0 Å². The minimum atomic E-state index is -3.92. The van der Waals surface area contributed by atoms with Gasteiger partial charge in [-0.1, -0.05) is 6.07 Å². The molecule has 0 fully saturated rings. The van der Waals surface area contributed by atoms with Gasteiger partial charge < -0.3 is 5.32 Å². The molecule has 1 amide bonds. The molecule has 150 valence electrons. The Balaban J connectivity index is 2.15. The minimum Gasteiger partial charge on any atom is -0.326 e. The van der Waals surface area contributed by atoms with Crippen LogP contribution in [-0.2, 0) is 19.7 Å². The molecular weight excluding hydrogens is 406 g/mol. The van der Waals surface area contributed by atoms with Crippen LogP contribution in [0.15, 0.2) is 53.4 Å². The number of rotatable bonds is 8. The number of carbonyl (C=O) groups excluding carboxylic acids is 1. The third-order valence-corrected chi connectivity index (χ3v) is 5.90. The molecule has 0 radical (unpaired) electrons. The van der Waals surface area contributed by atoms with E-state index in [9.17, 15) is 18.1 Å². The molecule has 0 aromatic heterocycles. The summed E-state index contributed by atoms with van der Waals surface area (Å²) in [4.78, 5) is 28.3. The summed E-state index contributed by atoms with van der Waals surface area (Å²) in [5.74, 6) is -0.0763. The van der Waals surface area contributed by atoms with Crippen LogP contribution < -0.4 is 10.0 Å². The van der Waals surface area contributed by atoms with Crippen LogP contribution in [0.3, 0.4) is 0 Å². The van der Waals surface area contributed by atoms with Crippen LogP contribution in [-0.4, -0.2) is 32.2 Å². The van der Waals surface area contributed by atoms with Gasteiger partial charge in [0, 0.05) is 29.4 Å². The van der Waals surface area contributed by atoms with E-state index < -0.39 is 15.4 Å². The van der Waals surface area contributed by atoms with Crippen molar-refractivity contribution in [3.63, 3.8) is 0 Å². The summed E-state index contributed by atoms with van der Waals surface area (Å²) in [6.45, 7) is 3.44. The number of amides is 1. The van der Waals surface area contributed by atoms with Crippen molar-refractivity contribution in [2.24, 2.45) is 5.41 Å². The number of anilines is 2. The first kappa shape index (κ1) is 21.6. The molecule has 28 heavy (non-hydrogen) atoms. The zero-order chi connectivity index (χ0) is 20.9. The fraction of sp³-hybridized carbons (Fsp3) is 0.278. The van der Waals surface area contributed by atoms with E-state index in [2.05, 4.69) is 14.9 Å². The van der Waals surface area contributed by atoms with Crippen molar-refractivity contribution < 1.29 is 23.0 Å². The van der Waals surface area contributed by atoms with Crippen molar-refractivity contribution in [3.05, 3.63) is 53.4 Å². The molecule has 0 heterocycles. The van der Waals surface area contributed by atoms with Crippen molar-refractivity contribution in [2.45, 2.75) is 18.7 Å². The van der Waals surface area contributed by atoms with Crippen LogP contribution in [0, 0.1) is 10.3 Å². The van der Waals surface area contributed by atoms with Gasteiger partial charge in [0.05, 0.1) is 15.2 Å². The summed E-state index contributed by atoms with van der Waals surface area (Å²) in [6.07, 6.45) is 0. The number of carbonyl (C=O) groups is 1. The molecule has 10 heteroatoms. The van der Waals surface area contributed by atoms with E-state index in [0.717, 1.165) is 0 Å². The first-order valence-corrected chi connectivity index (χ1v) is 10.2. The average molecular weight is 427 g/mol. The number of nitrogens with one attached hydrogen (secondary N) is 2. The van der Waals surface area contributed by atoms with Crippen molar-refractivity contribution in [1.82, 2.24) is 0 Å². The fourth-order valence-electron chi connectivity index (χ4n) is 2.07. The number of nitrogens with zero attached hydrogens (tertiary/aromatic N) is 1. The SMILES string of the molecule is CO[N+](=O)c1cccc(S(=O)(=O)Nc2ccc(NC(=O)C(C)(C)CCl)cc2)c1. The highest BCUT2D eigenvalue weighted by Crippen LogP contribution is 2.23. The number of sulfonamides is 1. The highest BCUT2D eigenvalue weighted by Gasteiger charge is 2.26. The summed E-state index contributed by atoms with van der Waals surface area (Å²) < 4.78 is 27.5. The zero-order valence-corrected chi connectivity index (χ0v) is 17.2. The molecule has 0 aliphatic rings. The molecule has 2 rings (SSSR count). The van der Waals surface area contributed by atoms with Crippen molar-refractivity contribution >= 4 is 44.6 Å². The van der Waals surface area contributed by atoms with Crippen LogP contribution in [0.5, 0.6) is 0 Å². The fourth-order valence-corrected chi connectivity index (χ4v) is 3.29. The molecule has 8 nitrogen and oxygen atoms in total. The Kier molecular flexibility index (Phi) is 6.63. The van der Waals surface area contributed by atoms with Gasteiger partial charge in [-0.05, 0) is 44.2 Å².